The van der Waals surface area contributed by atoms with Crippen LogP contribution < -0.4 is 11.3 Å². The largest absolute Gasteiger partial charge is 0.271 e. The van der Waals surface area contributed by atoms with Crippen LogP contribution in [-0.2, 0) is 6.42 Å². The molecule has 0 fully saturated rings. The summed E-state index contributed by atoms with van der Waals surface area (Å²) in [5.41, 5.74) is 6.33. The summed E-state index contributed by atoms with van der Waals surface area (Å²) in [7, 11) is 0. The van der Waals surface area contributed by atoms with Gasteiger partial charge in [-0.2, -0.15) is 0 Å². The third-order valence-corrected chi connectivity index (χ3v) is 5.07. The zero-order valence-electron chi connectivity index (χ0n) is 12.3. The zero-order valence-corrected chi connectivity index (χ0v) is 13.1. The summed E-state index contributed by atoms with van der Waals surface area (Å²) < 4.78 is 0. The maximum atomic E-state index is 5.75. The van der Waals surface area contributed by atoms with Crippen molar-refractivity contribution < 1.29 is 0 Å². The summed E-state index contributed by atoms with van der Waals surface area (Å²) in [6.07, 6.45) is 0.792. The van der Waals surface area contributed by atoms with Gasteiger partial charge >= 0.3 is 0 Å². The summed E-state index contributed by atoms with van der Waals surface area (Å²) in [6.45, 7) is 4.28. The number of aromatic nitrogens is 1. The Balaban J connectivity index is 1.88. The van der Waals surface area contributed by atoms with Crippen molar-refractivity contribution in [1.29, 1.82) is 0 Å². The lowest BCUT2D eigenvalue weighted by molar-refractivity contribution is 0.555. The molecule has 0 radical (unpaired) electrons. The molecule has 0 aliphatic rings. The number of nitrogens with one attached hydrogen (secondary N) is 1. The van der Waals surface area contributed by atoms with E-state index in [1.54, 1.807) is 11.3 Å². The fraction of sp³-hybridized carbons (Fsp3) is 0.235. The maximum absolute atomic E-state index is 5.75. The average molecular weight is 297 g/mol. The monoisotopic (exact) mass is 297 g/mol. The van der Waals surface area contributed by atoms with Gasteiger partial charge in [0.05, 0.1) is 11.6 Å². The van der Waals surface area contributed by atoms with Crippen molar-refractivity contribution in [2.45, 2.75) is 26.3 Å². The molecule has 0 amide bonds. The van der Waals surface area contributed by atoms with Gasteiger partial charge in [-0.05, 0) is 37.6 Å². The van der Waals surface area contributed by atoms with Crippen molar-refractivity contribution in [2.75, 3.05) is 0 Å². The van der Waals surface area contributed by atoms with Gasteiger partial charge in [-0.3, -0.25) is 16.3 Å². The Morgan fingerprint density at radius 3 is 2.71 bits per heavy atom. The number of thiophene rings is 1. The normalized spacial score (nSPS) is 12.7. The quantitative estimate of drug-likeness (QED) is 0.571. The molecular formula is C17H19N3S. The van der Waals surface area contributed by atoms with E-state index in [4.69, 9.17) is 10.8 Å². The number of rotatable bonds is 4. The second kappa shape index (κ2) is 5.93. The van der Waals surface area contributed by atoms with E-state index in [0.717, 1.165) is 17.6 Å². The second-order valence-corrected chi connectivity index (χ2v) is 6.59. The van der Waals surface area contributed by atoms with Gasteiger partial charge < -0.3 is 0 Å². The van der Waals surface area contributed by atoms with Crippen molar-refractivity contribution in [3.63, 3.8) is 0 Å². The fourth-order valence-electron chi connectivity index (χ4n) is 2.45. The predicted molar refractivity (Wildman–Crippen MR) is 89.3 cm³/mol. The lowest BCUT2D eigenvalue weighted by Gasteiger charge is -2.14. The van der Waals surface area contributed by atoms with E-state index in [1.165, 1.54) is 20.7 Å². The standard InChI is InChI=1S/C17H19N3S/c1-11-9-17(21-12(11)2)16(20-18)10-14-8-7-13-5-3-4-6-15(13)19-14/h3-9,16,20H,10,18H2,1-2H3. The Bertz CT molecular complexity index is 744. The summed E-state index contributed by atoms with van der Waals surface area (Å²) in [6, 6.07) is 14.7. The molecule has 4 heteroatoms. The van der Waals surface area contributed by atoms with Crippen molar-refractivity contribution in [3.8, 4) is 0 Å². The topological polar surface area (TPSA) is 50.9 Å². The number of hydrazine groups is 1. The lowest BCUT2D eigenvalue weighted by atomic mass is 10.1. The molecule has 0 saturated carbocycles. The Morgan fingerprint density at radius 1 is 1.19 bits per heavy atom. The minimum Gasteiger partial charge on any atom is -0.271 e. The van der Waals surface area contributed by atoms with Crippen LogP contribution in [0, 0.1) is 13.8 Å². The Kier molecular flexibility index (Phi) is 4.01. The molecule has 0 spiro atoms. The van der Waals surface area contributed by atoms with Gasteiger partial charge in [0.15, 0.2) is 0 Å². The van der Waals surface area contributed by atoms with Crippen LogP contribution in [0.15, 0.2) is 42.5 Å². The number of hydrogen-bond donors (Lipinski definition) is 2. The van der Waals surface area contributed by atoms with Crippen LogP contribution in [0.25, 0.3) is 10.9 Å². The number of hydrogen-bond acceptors (Lipinski definition) is 4. The number of fused-ring (bicyclic) bond motifs is 1. The molecule has 1 aromatic carbocycles. The summed E-state index contributed by atoms with van der Waals surface area (Å²) in [5, 5.41) is 1.17. The van der Waals surface area contributed by atoms with Crippen molar-refractivity contribution in [1.82, 2.24) is 10.4 Å². The highest BCUT2D eigenvalue weighted by molar-refractivity contribution is 7.12. The number of aryl methyl sites for hydroxylation is 2. The lowest BCUT2D eigenvalue weighted by Crippen LogP contribution is -2.29. The Labute approximate surface area is 128 Å². The van der Waals surface area contributed by atoms with Crippen LogP contribution in [0.5, 0.6) is 0 Å². The fourth-order valence-corrected chi connectivity index (χ4v) is 3.55. The van der Waals surface area contributed by atoms with Gasteiger partial charge in [0.25, 0.3) is 0 Å². The molecule has 3 rings (SSSR count). The molecule has 3 N–H and O–H groups in total. The average Bonchev–Trinajstić information content (AvgIpc) is 2.84. The molecule has 1 unspecified atom stereocenters. The summed E-state index contributed by atoms with van der Waals surface area (Å²) >= 11 is 1.80. The Hall–Kier alpha value is -1.75. The summed E-state index contributed by atoms with van der Waals surface area (Å²) in [5.74, 6) is 5.75. The molecule has 0 aliphatic heterocycles. The van der Waals surface area contributed by atoms with E-state index in [0.29, 0.717) is 0 Å². The highest BCUT2D eigenvalue weighted by Gasteiger charge is 2.15. The van der Waals surface area contributed by atoms with Crippen LogP contribution in [-0.4, -0.2) is 4.98 Å². The van der Waals surface area contributed by atoms with Crippen LogP contribution in [0.2, 0.25) is 0 Å². The van der Waals surface area contributed by atoms with E-state index < -0.39 is 0 Å². The molecule has 0 bridgehead atoms. The van der Waals surface area contributed by atoms with E-state index in [9.17, 15) is 0 Å². The number of pyridine rings is 1. The first-order valence-corrected chi connectivity index (χ1v) is 7.87. The highest BCUT2D eigenvalue weighted by atomic mass is 32.1. The van der Waals surface area contributed by atoms with Crippen molar-refractivity contribution >= 4 is 22.2 Å². The van der Waals surface area contributed by atoms with E-state index in [-0.39, 0.29) is 6.04 Å². The minimum atomic E-state index is 0.107. The van der Waals surface area contributed by atoms with Gasteiger partial charge in [0, 0.05) is 27.3 Å². The van der Waals surface area contributed by atoms with Crippen LogP contribution in [0.1, 0.15) is 27.1 Å². The van der Waals surface area contributed by atoms with E-state index in [1.807, 2.05) is 18.2 Å². The van der Waals surface area contributed by atoms with Gasteiger partial charge in [-0.1, -0.05) is 24.3 Å². The Morgan fingerprint density at radius 2 is 2.00 bits per heavy atom. The number of benzene rings is 1. The highest BCUT2D eigenvalue weighted by Crippen LogP contribution is 2.28. The third-order valence-electron chi connectivity index (χ3n) is 3.80. The van der Waals surface area contributed by atoms with Gasteiger partial charge in [0.1, 0.15) is 0 Å². The minimum absolute atomic E-state index is 0.107. The van der Waals surface area contributed by atoms with Crippen molar-refractivity contribution in [3.05, 3.63) is 63.5 Å². The second-order valence-electron chi connectivity index (χ2n) is 5.31. The molecule has 0 aliphatic carbocycles. The van der Waals surface area contributed by atoms with Crippen molar-refractivity contribution in [2.24, 2.45) is 5.84 Å². The first-order valence-electron chi connectivity index (χ1n) is 7.05. The molecule has 1 atom stereocenters. The molecule has 2 heterocycles. The van der Waals surface area contributed by atoms with E-state index >= 15 is 0 Å². The maximum Gasteiger partial charge on any atom is 0.0705 e. The SMILES string of the molecule is Cc1cc(C(Cc2ccc3ccccc3n2)NN)sc1C. The summed E-state index contributed by atoms with van der Waals surface area (Å²) in [4.78, 5) is 7.34. The first-order chi connectivity index (χ1) is 10.2. The number of nitrogens with two attached hydrogens (primary N) is 1. The third kappa shape index (κ3) is 2.97. The first kappa shape index (κ1) is 14.2. The van der Waals surface area contributed by atoms with Crippen LogP contribution >= 0.6 is 11.3 Å². The molecule has 3 aromatic rings. The molecular weight excluding hydrogens is 278 g/mol. The molecule has 108 valence electrons. The number of nitrogens with zero attached hydrogens (tertiary/aromatic N) is 1. The van der Waals surface area contributed by atoms with Gasteiger partial charge in [-0.25, -0.2) is 0 Å². The predicted octanol–water partition coefficient (Wildman–Crippen LogP) is 3.66. The van der Waals surface area contributed by atoms with E-state index in [2.05, 4.69) is 43.5 Å². The molecule has 2 aromatic heterocycles. The van der Waals surface area contributed by atoms with Gasteiger partial charge in [0.2, 0.25) is 0 Å². The zero-order chi connectivity index (χ0) is 14.8. The van der Waals surface area contributed by atoms with Gasteiger partial charge in [-0.15, -0.1) is 11.3 Å². The number of para-hydroxylation sites is 1. The van der Waals surface area contributed by atoms with Crippen LogP contribution in [0.4, 0.5) is 0 Å². The molecule has 3 nitrogen and oxygen atoms in total. The molecule has 0 saturated heterocycles. The van der Waals surface area contributed by atoms with Crippen LogP contribution in [0.3, 0.4) is 0 Å². The molecule has 21 heavy (non-hydrogen) atoms. The smallest absolute Gasteiger partial charge is 0.0705 e.